The average Bonchev–Trinajstić information content (AvgIpc) is 2.14. The zero-order valence-electron chi connectivity index (χ0n) is 7.83. The average molecular weight is 274 g/mol. The van der Waals surface area contributed by atoms with E-state index in [9.17, 15) is 22.0 Å². The van der Waals surface area contributed by atoms with E-state index in [1.165, 1.54) is 0 Å². The van der Waals surface area contributed by atoms with Gasteiger partial charge in [-0.05, 0) is 6.07 Å². The van der Waals surface area contributed by atoms with Gasteiger partial charge in [0.25, 0.3) is 21.0 Å². The first-order valence-corrected chi connectivity index (χ1v) is 6.12. The third-order valence-corrected chi connectivity index (χ3v) is 3.00. The second-order valence-corrected chi connectivity index (χ2v) is 5.22. The lowest BCUT2D eigenvalue weighted by atomic mass is 10.3. The van der Waals surface area contributed by atoms with Crippen molar-refractivity contribution in [2.75, 3.05) is 7.11 Å². The molecule has 0 saturated heterocycles. The lowest BCUT2D eigenvalue weighted by Gasteiger charge is -2.06. The number of hydrogen-bond acceptors (Lipinski definition) is 4. The van der Waals surface area contributed by atoms with Crippen LogP contribution in [0, 0.1) is 0 Å². The Balaban J connectivity index is 3.63. The van der Waals surface area contributed by atoms with Crippen LogP contribution < -0.4 is 10.3 Å². The Morgan fingerprint density at radius 2 is 2.06 bits per heavy atom. The Labute approximate surface area is 93.4 Å². The van der Waals surface area contributed by atoms with Gasteiger partial charge in [-0.1, -0.05) is 0 Å². The third kappa shape index (κ3) is 2.50. The summed E-state index contributed by atoms with van der Waals surface area (Å²) in [5.41, 5.74) is -1.93. The summed E-state index contributed by atoms with van der Waals surface area (Å²) in [7, 11) is 1.68. The number of nitrogens with one attached hydrogen (secondary N) is 1. The van der Waals surface area contributed by atoms with Crippen LogP contribution in [0.5, 0.6) is 5.75 Å². The number of methoxy groups -OCH3 is 1. The molecule has 0 saturated carbocycles. The maximum Gasteiger partial charge on any atom is 0.292 e. The van der Waals surface area contributed by atoms with Crippen molar-refractivity contribution in [2.24, 2.45) is 0 Å². The fourth-order valence-electron chi connectivity index (χ4n) is 1.03. The van der Waals surface area contributed by atoms with E-state index in [1.54, 1.807) is 4.98 Å². The van der Waals surface area contributed by atoms with Crippen molar-refractivity contribution in [2.45, 2.75) is 11.3 Å². The molecular formula is C7H6ClF2NO4S. The highest BCUT2D eigenvalue weighted by atomic mass is 35.7. The smallest absolute Gasteiger partial charge is 0.292 e. The van der Waals surface area contributed by atoms with Gasteiger partial charge in [-0.2, -0.15) is 0 Å². The summed E-state index contributed by atoms with van der Waals surface area (Å²) >= 11 is 0. The van der Waals surface area contributed by atoms with Gasteiger partial charge in [0.1, 0.15) is 4.90 Å². The SMILES string of the molecule is COc1c(S(=O)(=O)Cl)cc(C(F)F)[nH]c1=O. The molecule has 0 aliphatic rings. The molecule has 0 radical (unpaired) electrons. The molecule has 90 valence electrons. The molecule has 0 unspecified atom stereocenters. The van der Waals surface area contributed by atoms with Crippen molar-refractivity contribution in [3.63, 3.8) is 0 Å². The van der Waals surface area contributed by atoms with Crippen molar-refractivity contribution < 1.29 is 21.9 Å². The summed E-state index contributed by atoms with van der Waals surface area (Å²) < 4.78 is 51.1. The van der Waals surface area contributed by atoms with E-state index < -0.39 is 37.4 Å². The molecule has 0 bridgehead atoms. The molecule has 0 aromatic carbocycles. The number of ether oxygens (including phenoxy) is 1. The number of H-pyrrole nitrogens is 1. The van der Waals surface area contributed by atoms with Gasteiger partial charge >= 0.3 is 0 Å². The molecule has 0 atom stereocenters. The topological polar surface area (TPSA) is 76.2 Å². The van der Waals surface area contributed by atoms with Crippen molar-refractivity contribution in [3.8, 4) is 5.75 Å². The summed E-state index contributed by atoms with van der Waals surface area (Å²) in [6.45, 7) is 0. The lowest BCUT2D eigenvalue weighted by Crippen LogP contribution is -2.15. The van der Waals surface area contributed by atoms with Gasteiger partial charge in [0, 0.05) is 10.7 Å². The molecule has 0 aliphatic carbocycles. The number of halogens is 3. The molecule has 1 aromatic rings. The maximum absolute atomic E-state index is 12.3. The lowest BCUT2D eigenvalue weighted by molar-refractivity contribution is 0.145. The van der Waals surface area contributed by atoms with Gasteiger partial charge in [0.05, 0.1) is 12.8 Å². The molecule has 0 spiro atoms. The molecule has 1 heterocycles. The highest BCUT2D eigenvalue weighted by molar-refractivity contribution is 8.13. The molecule has 16 heavy (non-hydrogen) atoms. The van der Waals surface area contributed by atoms with Crippen LogP contribution in [0.4, 0.5) is 8.78 Å². The van der Waals surface area contributed by atoms with Crippen molar-refractivity contribution >= 4 is 19.7 Å². The minimum atomic E-state index is -4.33. The van der Waals surface area contributed by atoms with E-state index in [1.807, 2.05) is 0 Å². The van der Waals surface area contributed by atoms with E-state index in [4.69, 9.17) is 10.7 Å². The van der Waals surface area contributed by atoms with Crippen LogP contribution in [-0.2, 0) is 9.05 Å². The predicted octanol–water partition coefficient (Wildman–Crippen LogP) is 1.25. The van der Waals surface area contributed by atoms with Crippen molar-refractivity contribution in [3.05, 3.63) is 22.1 Å². The standard InChI is InChI=1S/C7H6ClF2NO4S/c1-15-5-4(16(8,13)14)2-3(6(9)10)11-7(5)12/h2,6H,1H3,(H,11,12). The summed E-state index contributed by atoms with van der Waals surface area (Å²) in [6.07, 6.45) is -3.02. The first kappa shape index (κ1) is 12.9. The first-order valence-electron chi connectivity index (χ1n) is 3.81. The number of hydrogen-bond donors (Lipinski definition) is 1. The maximum atomic E-state index is 12.3. The molecule has 1 rings (SSSR count). The second kappa shape index (κ2) is 4.38. The third-order valence-electron chi connectivity index (χ3n) is 1.68. The van der Waals surface area contributed by atoms with Gasteiger partial charge in [-0.3, -0.25) is 4.79 Å². The van der Waals surface area contributed by atoms with E-state index in [0.717, 1.165) is 7.11 Å². The predicted molar refractivity (Wildman–Crippen MR) is 51.6 cm³/mol. The normalized spacial score (nSPS) is 11.8. The molecule has 5 nitrogen and oxygen atoms in total. The van der Waals surface area contributed by atoms with Gasteiger partial charge < -0.3 is 9.72 Å². The monoisotopic (exact) mass is 273 g/mol. The van der Waals surface area contributed by atoms with Crippen molar-refractivity contribution in [1.29, 1.82) is 0 Å². The van der Waals surface area contributed by atoms with Crippen molar-refractivity contribution in [1.82, 2.24) is 4.98 Å². The van der Waals surface area contributed by atoms with E-state index >= 15 is 0 Å². The van der Waals surface area contributed by atoms with E-state index in [0.29, 0.717) is 6.07 Å². The second-order valence-electron chi connectivity index (χ2n) is 2.69. The van der Waals surface area contributed by atoms with Gasteiger partial charge in [0.2, 0.25) is 5.75 Å². The Hall–Kier alpha value is -1.15. The summed E-state index contributed by atoms with van der Waals surface area (Å²) in [4.78, 5) is 12.2. The minimum absolute atomic E-state index is 0.563. The quantitative estimate of drug-likeness (QED) is 0.841. The zero-order valence-corrected chi connectivity index (χ0v) is 9.40. The molecule has 9 heteroatoms. The first-order chi connectivity index (χ1) is 7.27. The molecule has 1 N–H and O–H groups in total. The number of pyridine rings is 1. The molecule has 0 amide bonds. The summed E-state index contributed by atoms with van der Waals surface area (Å²) in [5, 5.41) is 0. The van der Waals surface area contributed by atoms with Crippen LogP contribution in [0.2, 0.25) is 0 Å². The molecule has 0 fully saturated rings. The zero-order chi connectivity index (χ0) is 12.5. The molecular weight excluding hydrogens is 268 g/mol. The molecule has 0 aliphatic heterocycles. The summed E-state index contributed by atoms with van der Waals surface area (Å²) in [5.74, 6) is -0.626. The fourth-order valence-corrected chi connectivity index (χ4v) is 2.04. The van der Waals surface area contributed by atoms with Gasteiger partial charge in [0.15, 0.2) is 0 Å². The fraction of sp³-hybridized carbons (Fsp3) is 0.286. The Morgan fingerprint density at radius 1 is 1.50 bits per heavy atom. The highest BCUT2D eigenvalue weighted by Gasteiger charge is 2.23. The Kier molecular flexibility index (Phi) is 3.54. The minimum Gasteiger partial charge on any atom is -0.490 e. The van der Waals surface area contributed by atoms with Gasteiger partial charge in [-0.15, -0.1) is 0 Å². The Morgan fingerprint density at radius 3 is 2.44 bits per heavy atom. The molecule has 1 aromatic heterocycles. The Bertz CT molecular complexity index is 554. The van der Waals surface area contributed by atoms with E-state index in [-0.39, 0.29) is 0 Å². The van der Waals surface area contributed by atoms with Gasteiger partial charge in [-0.25, -0.2) is 17.2 Å². The number of alkyl halides is 2. The van der Waals surface area contributed by atoms with Crippen LogP contribution in [-0.4, -0.2) is 20.5 Å². The van der Waals surface area contributed by atoms with Crippen LogP contribution in [0.3, 0.4) is 0 Å². The van der Waals surface area contributed by atoms with Crippen LogP contribution in [0.15, 0.2) is 15.8 Å². The van der Waals surface area contributed by atoms with E-state index in [2.05, 4.69) is 4.74 Å². The highest BCUT2D eigenvalue weighted by Crippen LogP contribution is 2.26. The van der Waals surface area contributed by atoms with Crippen LogP contribution >= 0.6 is 10.7 Å². The van der Waals surface area contributed by atoms with Crippen LogP contribution in [0.25, 0.3) is 0 Å². The number of aromatic nitrogens is 1. The largest absolute Gasteiger partial charge is 0.490 e. The number of aromatic amines is 1. The summed E-state index contributed by atoms with van der Waals surface area (Å²) in [6, 6.07) is 0.563. The number of rotatable bonds is 3. The van der Waals surface area contributed by atoms with Crippen LogP contribution in [0.1, 0.15) is 12.1 Å².